The number of rotatable bonds is 2. The van der Waals surface area contributed by atoms with Gasteiger partial charge in [0, 0.05) is 21.4 Å². The molecule has 2 N–H and O–H groups in total. The molecule has 2 heterocycles. The van der Waals surface area contributed by atoms with Crippen LogP contribution in [-0.2, 0) is 4.79 Å². The molecular formula is C21H15BrN2O3. The Bertz CT molecular complexity index is 1110. The number of halogens is 1. The van der Waals surface area contributed by atoms with E-state index in [4.69, 9.17) is 0 Å². The molecule has 0 unspecified atom stereocenters. The number of anilines is 1. The van der Waals surface area contributed by atoms with E-state index in [0.717, 1.165) is 26.9 Å². The van der Waals surface area contributed by atoms with Crippen LogP contribution in [0.1, 0.15) is 17.0 Å². The molecule has 0 bridgehead atoms. The molecule has 0 saturated carbocycles. The van der Waals surface area contributed by atoms with Crippen molar-refractivity contribution in [2.75, 3.05) is 5.32 Å². The molecule has 0 aliphatic carbocycles. The molecule has 0 fully saturated rings. The predicted molar refractivity (Wildman–Crippen MR) is 109 cm³/mol. The number of hydrogen-bond donors (Lipinski definition) is 2. The third-order valence-electron chi connectivity index (χ3n) is 4.57. The molecule has 4 rings (SSSR count). The molecule has 27 heavy (non-hydrogen) atoms. The minimum atomic E-state index is -1.08. The molecule has 0 radical (unpaired) electrons. The maximum absolute atomic E-state index is 12.6. The molecule has 2 aromatic carbocycles. The number of carbonyl (C=O) groups is 2. The quantitative estimate of drug-likeness (QED) is 0.554. The standard InChI is InChI=1S/C21H15BrN2O3/c1-12-5-10-15(24(12)21(26)27)11-17-19-16(13-6-8-14(22)9-7-13)3-2-4-18(19)23-20(17)25/h2-11H,1H3,(H,23,25)(H,26,27). The van der Waals surface area contributed by atoms with Gasteiger partial charge in [0.2, 0.25) is 0 Å². The highest BCUT2D eigenvalue weighted by atomic mass is 79.9. The van der Waals surface area contributed by atoms with Crippen LogP contribution in [0.5, 0.6) is 0 Å². The van der Waals surface area contributed by atoms with Crippen molar-refractivity contribution in [1.82, 2.24) is 4.57 Å². The fourth-order valence-electron chi connectivity index (χ4n) is 3.34. The van der Waals surface area contributed by atoms with Crippen molar-refractivity contribution in [3.63, 3.8) is 0 Å². The first-order valence-electron chi connectivity index (χ1n) is 8.30. The van der Waals surface area contributed by atoms with Crippen molar-refractivity contribution in [3.8, 4) is 11.1 Å². The second-order valence-corrected chi connectivity index (χ2v) is 7.18. The Kier molecular flexibility index (Phi) is 4.20. The zero-order valence-electron chi connectivity index (χ0n) is 14.4. The van der Waals surface area contributed by atoms with E-state index in [2.05, 4.69) is 21.2 Å². The Labute approximate surface area is 164 Å². The lowest BCUT2D eigenvalue weighted by molar-refractivity contribution is -0.110. The maximum atomic E-state index is 12.6. The lowest BCUT2D eigenvalue weighted by Gasteiger charge is -2.09. The lowest BCUT2D eigenvalue weighted by Crippen LogP contribution is -2.12. The first kappa shape index (κ1) is 17.3. The van der Waals surface area contributed by atoms with Gasteiger partial charge in [-0.25, -0.2) is 4.79 Å². The second-order valence-electron chi connectivity index (χ2n) is 6.26. The van der Waals surface area contributed by atoms with E-state index in [-0.39, 0.29) is 5.91 Å². The number of benzene rings is 2. The Balaban J connectivity index is 1.91. The van der Waals surface area contributed by atoms with Crippen LogP contribution in [0, 0.1) is 6.92 Å². The third kappa shape index (κ3) is 2.98. The Hall–Kier alpha value is -3.12. The first-order valence-corrected chi connectivity index (χ1v) is 9.09. The summed E-state index contributed by atoms with van der Waals surface area (Å²) in [6, 6.07) is 17.0. The van der Waals surface area contributed by atoms with E-state index in [1.54, 1.807) is 25.1 Å². The highest BCUT2D eigenvalue weighted by Crippen LogP contribution is 2.40. The van der Waals surface area contributed by atoms with Gasteiger partial charge in [0.1, 0.15) is 0 Å². The van der Waals surface area contributed by atoms with Gasteiger partial charge in [0.15, 0.2) is 0 Å². The number of nitrogens with zero attached hydrogens (tertiary/aromatic N) is 1. The third-order valence-corrected chi connectivity index (χ3v) is 5.10. The van der Waals surface area contributed by atoms with Crippen molar-refractivity contribution in [2.45, 2.75) is 6.92 Å². The van der Waals surface area contributed by atoms with Crippen LogP contribution in [0.4, 0.5) is 10.5 Å². The summed E-state index contributed by atoms with van der Waals surface area (Å²) in [5.41, 5.74) is 4.87. The number of fused-ring (bicyclic) bond motifs is 1. The van der Waals surface area contributed by atoms with Crippen molar-refractivity contribution in [1.29, 1.82) is 0 Å². The van der Waals surface area contributed by atoms with Gasteiger partial charge in [-0.1, -0.05) is 40.2 Å². The molecular weight excluding hydrogens is 408 g/mol. The molecule has 0 spiro atoms. The van der Waals surface area contributed by atoms with Crippen LogP contribution in [0.15, 0.2) is 59.1 Å². The summed E-state index contributed by atoms with van der Waals surface area (Å²) in [5, 5.41) is 12.3. The molecule has 5 nitrogen and oxygen atoms in total. The molecule has 0 saturated heterocycles. The number of aromatic nitrogens is 1. The van der Waals surface area contributed by atoms with Gasteiger partial charge in [0.25, 0.3) is 5.91 Å². The van der Waals surface area contributed by atoms with E-state index >= 15 is 0 Å². The van der Waals surface area contributed by atoms with Crippen LogP contribution in [0.25, 0.3) is 22.8 Å². The summed E-state index contributed by atoms with van der Waals surface area (Å²) in [7, 11) is 0. The van der Waals surface area contributed by atoms with Gasteiger partial charge in [-0.15, -0.1) is 0 Å². The number of hydrogen-bond acceptors (Lipinski definition) is 2. The van der Waals surface area contributed by atoms with Gasteiger partial charge < -0.3 is 10.4 Å². The average molecular weight is 423 g/mol. The smallest absolute Gasteiger partial charge is 0.416 e. The van der Waals surface area contributed by atoms with Crippen LogP contribution in [-0.4, -0.2) is 21.7 Å². The van der Waals surface area contributed by atoms with Crippen molar-refractivity contribution >= 4 is 45.3 Å². The topological polar surface area (TPSA) is 71.3 Å². The van der Waals surface area contributed by atoms with Gasteiger partial charge in [-0.3, -0.25) is 9.36 Å². The summed E-state index contributed by atoms with van der Waals surface area (Å²) in [5.74, 6) is -0.245. The van der Waals surface area contributed by atoms with E-state index < -0.39 is 6.09 Å². The molecule has 0 atom stereocenters. The number of nitrogens with one attached hydrogen (secondary N) is 1. The minimum Gasteiger partial charge on any atom is -0.464 e. The monoisotopic (exact) mass is 422 g/mol. The lowest BCUT2D eigenvalue weighted by atomic mass is 9.94. The summed E-state index contributed by atoms with van der Waals surface area (Å²) < 4.78 is 2.14. The van der Waals surface area contributed by atoms with E-state index in [0.29, 0.717) is 17.0 Å². The van der Waals surface area contributed by atoms with Gasteiger partial charge in [-0.2, -0.15) is 0 Å². The number of amides is 1. The summed E-state index contributed by atoms with van der Waals surface area (Å²) >= 11 is 3.43. The van der Waals surface area contributed by atoms with Gasteiger partial charge in [-0.05, 0) is 54.5 Å². The number of carbonyl (C=O) groups excluding carboxylic acids is 1. The van der Waals surface area contributed by atoms with Crippen molar-refractivity contribution in [2.24, 2.45) is 0 Å². The molecule has 1 aromatic heterocycles. The average Bonchev–Trinajstić information content (AvgIpc) is 3.16. The zero-order valence-corrected chi connectivity index (χ0v) is 15.9. The van der Waals surface area contributed by atoms with Crippen LogP contribution >= 0.6 is 15.9 Å². The molecule has 134 valence electrons. The van der Waals surface area contributed by atoms with Crippen LogP contribution in [0.2, 0.25) is 0 Å². The minimum absolute atomic E-state index is 0.245. The Morgan fingerprint density at radius 2 is 1.85 bits per heavy atom. The SMILES string of the molecule is Cc1ccc(C=C2C(=O)Nc3cccc(-c4ccc(Br)cc4)c32)n1C(=O)O. The summed E-state index contributed by atoms with van der Waals surface area (Å²) in [6.07, 6.45) is 0.550. The summed E-state index contributed by atoms with van der Waals surface area (Å²) in [6.45, 7) is 1.71. The fourth-order valence-corrected chi connectivity index (χ4v) is 3.60. The van der Waals surface area contributed by atoms with Gasteiger partial charge >= 0.3 is 6.09 Å². The van der Waals surface area contributed by atoms with Gasteiger partial charge in [0.05, 0.1) is 11.3 Å². The first-order chi connectivity index (χ1) is 13.0. The molecule has 3 aromatic rings. The summed E-state index contributed by atoms with van der Waals surface area (Å²) in [4.78, 5) is 24.2. The number of aryl methyl sites for hydroxylation is 1. The Morgan fingerprint density at radius 3 is 2.56 bits per heavy atom. The second kappa shape index (κ2) is 6.55. The fraction of sp³-hybridized carbons (Fsp3) is 0.0476. The molecule has 1 amide bonds. The van der Waals surface area contributed by atoms with Crippen LogP contribution < -0.4 is 5.32 Å². The van der Waals surface area contributed by atoms with Crippen molar-refractivity contribution < 1.29 is 14.7 Å². The van der Waals surface area contributed by atoms with E-state index in [9.17, 15) is 14.7 Å². The molecule has 1 aliphatic rings. The number of carboxylic acid groups (broad SMARTS) is 1. The predicted octanol–water partition coefficient (Wildman–Crippen LogP) is 5.24. The highest BCUT2D eigenvalue weighted by Gasteiger charge is 2.28. The van der Waals surface area contributed by atoms with Crippen molar-refractivity contribution in [3.05, 3.63) is 76.0 Å². The molecule has 6 heteroatoms. The maximum Gasteiger partial charge on any atom is 0.416 e. The Morgan fingerprint density at radius 1 is 1.11 bits per heavy atom. The highest BCUT2D eigenvalue weighted by molar-refractivity contribution is 9.10. The molecule has 1 aliphatic heterocycles. The van der Waals surface area contributed by atoms with E-state index in [1.807, 2.05) is 42.5 Å². The largest absolute Gasteiger partial charge is 0.464 e. The van der Waals surface area contributed by atoms with Crippen LogP contribution in [0.3, 0.4) is 0 Å². The normalized spacial score (nSPS) is 14.3. The van der Waals surface area contributed by atoms with E-state index in [1.165, 1.54) is 4.57 Å². The zero-order chi connectivity index (χ0) is 19.1.